The second kappa shape index (κ2) is 7.49. The van der Waals surface area contributed by atoms with Crippen LogP contribution in [0.1, 0.15) is 36.5 Å². The van der Waals surface area contributed by atoms with Gasteiger partial charge in [-0.1, -0.05) is 6.92 Å². The molecule has 6 nitrogen and oxygen atoms in total. The molecule has 1 amide bonds. The lowest BCUT2D eigenvalue weighted by Crippen LogP contribution is -2.45. The third kappa shape index (κ3) is 3.54. The number of aromatic nitrogens is 1. The number of anilines is 1. The Bertz CT molecular complexity index is 568. The Morgan fingerprint density at radius 2 is 2.17 bits per heavy atom. The van der Waals surface area contributed by atoms with Crippen LogP contribution in [0.25, 0.3) is 0 Å². The summed E-state index contributed by atoms with van der Waals surface area (Å²) < 4.78 is 5.31. The van der Waals surface area contributed by atoms with Crippen molar-refractivity contribution in [3.8, 4) is 0 Å². The smallest absolute Gasteiger partial charge is 0.254 e. The number of hydrogen-bond donors (Lipinski definition) is 1. The van der Waals surface area contributed by atoms with E-state index in [0.717, 1.165) is 38.2 Å². The lowest BCUT2D eigenvalue weighted by Gasteiger charge is -2.42. The Morgan fingerprint density at radius 3 is 2.88 bits per heavy atom. The van der Waals surface area contributed by atoms with Crippen LogP contribution in [-0.4, -0.2) is 66.9 Å². The zero-order valence-electron chi connectivity index (χ0n) is 14.4. The summed E-state index contributed by atoms with van der Waals surface area (Å²) in [5.41, 5.74) is 0.628. The van der Waals surface area contributed by atoms with Crippen LogP contribution in [0.3, 0.4) is 0 Å². The van der Waals surface area contributed by atoms with Gasteiger partial charge in [-0.3, -0.25) is 4.79 Å². The zero-order valence-corrected chi connectivity index (χ0v) is 14.4. The minimum Gasteiger partial charge on any atom is -0.396 e. The van der Waals surface area contributed by atoms with E-state index < -0.39 is 0 Å². The number of aliphatic hydroxyl groups is 1. The first-order valence-corrected chi connectivity index (χ1v) is 8.86. The van der Waals surface area contributed by atoms with Crippen molar-refractivity contribution in [2.24, 2.45) is 5.41 Å². The Morgan fingerprint density at radius 1 is 1.38 bits per heavy atom. The van der Waals surface area contributed by atoms with Crippen molar-refractivity contribution in [2.75, 3.05) is 50.9 Å². The molecule has 6 heteroatoms. The molecular formula is C18H27N3O3. The number of carbonyl (C=O) groups excluding carboxylic acids is 1. The maximum Gasteiger partial charge on any atom is 0.254 e. The maximum absolute atomic E-state index is 12.7. The fraction of sp³-hybridized carbons (Fsp3) is 0.667. The number of carbonyl (C=O) groups is 1. The number of ether oxygens (including phenoxy) is 1. The number of pyridine rings is 1. The summed E-state index contributed by atoms with van der Waals surface area (Å²) in [5, 5.41) is 9.80. The predicted molar refractivity (Wildman–Crippen MR) is 92.2 cm³/mol. The van der Waals surface area contributed by atoms with Crippen LogP contribution in [0.4, 0.5) is 5.82 Å². The van der Waals surface area contributed by atoms with E-state index in [1.807, 2.05) is 11.0 Å². The van der Waals surface area contributed by atoms with E-state index in [2.05, 4.69) is 16.8 Å². The highest BCUT2D eigenvalue weighted by Gasteiger charge is 2.34. The molecular weight excluding hydrogens is 306 g/mol. The van der Waals surface area contributed by atoms with Crippen molar-refractivity contribution in [2.45, 2.75) is 26.2 Å². The first kappa shape index (κ1) is 17.2. The number of morpholine rings is 1. The lowest BCUT2D eigenvalue weighted by molar-refractivity contribution is 0.0303. The summed E-state index contributed by atoms with van der Waals surface area (Å²) in [6.45, 7) is 6.54. The lowest BCUT2D eigenvalue weighted by atomic mass is 9.78. The number of hydrogen-bond acceptors (Lipinski definition) is 5. The molecule has 2 saturated heterocycles. The number of nitrogens with zero attached hydrogens (tertiary/aromatic N) is 3. The van der Waals surface area contributed by atoms with Gasteiger partial charge >= 0.3 is 0 Å². The van der Waals surface area contributed by atoms with E-state index in [1.54, 1.807) is 12.3 Å². The molecule has 2 fully saturated rings. The van der Waals surface area contributed by atoms with Crippen molar-refractivity contribution < 1.29 is 14.6 Å². The minimum atomic E-state index is -0.0514. The van der Waals surface area contributed by atoms with Gasteiger partial charge in [0.05, 0.1) is 19.8 Å². The molecule has 0 spiro atoms. The van der Waals surface area contributed by atoms with Gasteiger partial charge in [-0.25, -0.2) is 4.98 Å². The van der Waals surface area contributed by atoms with Crippen molar-refractivity contribution >= 4 is 11.7 Å². The molecule has 3 rings (SSSR count). The number of aliphatic hydroxyl groups excluding tert-OH is 1. The first-order chi connectivity index (χ1) is 11.7. The molecule has 1 aromatic heterocycles. The quantitative estimate of drug-likeness (QED) is 0.905. The van der Waals surface area contributed by atoms with E-state index in [-0.39, 0.29) is 17.9 Å². The fourth-order valence-corrected chi connectivity index (χ4v) is 3.61. The molecule has 2 aliphatic rings. The molecule has 1 N–H and O–H groups in total. The summed E-state index contributed by atoms with van der Waals surface area (Å²) in [7, 11) is 0. The average Bonchev–Trinajstić information content (AvgIpc) is 2.68. The molecule has 0 bridgehead atoms. The van der Waals surface area contributed by atoms with Gasteiger partial charge in [0.25, 0.3) is 5.91 Å². The summed E-state index contributed by atoms with van der Waals surface area (Å²) in [5.74, 6) is 0.878. The number of piperidine rings is 1. The van der Waals surface area contributed by atoms with Crippen LogP contribution >= 0.6 is 0 Å². The second-order valence-electron chi connectivity index (χ2n) is 6.84. The molecule has 0 saturated carbocycles. The zero-order chi connectivity index (χ0) is 17.0. The van der Waals surface area contributed by atoms with Crippen LogP contribution in [-0.2, 0) is 4.74 Å². The van der Waals surface area contributed by atoms with Gasteiger partial charge < -0.3 is 19.6 Å². The van der Waals surface area contributed by atoms with Crippen LogP contribution in [0.5, 0.6) is 0 Å². The molecule has 24 heavy (non-hydrogen) atoms. The Labute approximate surface area is 143 Å². The summed E-state index contributed by atoms with van der Waals surface area (Å²) in [6.07, 6.45) is 4.75. The van der Waals surface area contributed by atoms with Gasteiger partial charge in [-0.2, -0.15) is 0 Å². The Balaban J connectivity index is 1.76. The van der Waals surface area contributed by atoms with Crippen LogP contribution in [0.2, 0.25) is 0 Å². The summed E-state index contributed by atoms with van der Waals surface area (Å²) in [4.78, 5) is 21.2. The highest BCUT2D eigenvalue weighted by Crippen LogP contribution is 2.34. The SMILES string of the molecule is CCC1(CO)CCCN(c2cc(C(=O)N3CCOCC3)ccn2)C1. The van der Waals surface area contributed by atoms with Crippen LogP contribution in [0.15, 0.2) is 18.3 Å². The van der Waals surface area contributed by atoms with Crippen LogP contribution in [0, 0.1) is 5.41 Å². The molecule has 3 heterocycles. The van der Waals surface area contributed by atoms with Crippen molar-refractivity contribution in [1.29, 1.82) is 0 Å². The molecule has 0 radical (unpaired) electrons. The third-order valence-corrected chi connectivity index (χ3v) is 5.36. The molecule has 1 unspecified atom stereocenters. The molecule has 132 valence electrons. The summed E-state index contributed by atoms with van der Waals surface area (Å²) >= 11 is 0. The van der Waals surface area contributed by atoms with Crippen molar-refractivity contribution in [3.05, 3.63) is 23.9 Å². The monoisotopic (exact) mass is 333 g/mol. The van der Waals surface area contributed by atoms with Gasteiger partial charge in [0.15, 0.2) is 0 Å². The fourth-order valence-electron chi connectivity index (χ4n) is 3.61. The van der Waals surface area contributed by atoms with Gasteiger partial charge in [0.1, 0.15) is 5.82 Å². The molecule has 1 aromatic rings. The van der Waals surface area contributed by atoms with Gasteiger partial charge in [0, 0.05) is 43.4 Å². The molecule has 1 atom stereocenters. The highest BCUT2D eigenvalue weighted by molar-refractivity contribution is 5.94. The number of amides is 1. The topological polar surface area (TPSA) is 65.9 Å². The third-order valence-electron chi connectivity index (χ3n) is 5.36. The first-order valence-electron chi connectivity index (χ1n) is 8.86. The van der Waals surface area contributed by atoms with E-state index in [9.17, 15) is 9.90 Å². The Hall–Kier alpha value is -1.66. The van der Waals surface area contributed by atoms with E-state index >= 15 is 0 Å². The van der Waals surface area contributed by atoms with Crippen LogP contribution < -0.4 is 4.90 Å². The maximum atomic E-state index is 12.7. The largest absolute Gasteiger partial charge is 0.396 e. The van der Waals surface area contributed by atoms with Gasteiger partial charge in [0.2, 0.25) is 0 Å². The van der Waals surface area contributed by atoms with Gasteiger partial charge in [-0.05, 0) is 31.4 Å². The highest BCUT2D eigenvalue weighted by atomic mass is 16.5. The summed E-state index contributed by atoms with van der Waals surface area (Å²) in [6, 6.07) is 3.67. The molecule has 0 aliphatic carbocycles. The predicted octanol–water partition coefficient (Wildman–Crippen LogP) is 1.54. The van der Waals surface area contributed by atoms with E-state index in [1.165, 1.54) is 0 Å². The van der Waals surface area contributed by atoms with Crippen molar-refractivity contribution in [3.63, 3.8) is 0 Å². The minimum absolute atomic E-state index is 0.0443. The standard InChI is InChI=1S/C18H27N3O3/c1-2-18(14-22)5-3-7-21(13-18)16-12-15(4-6-19-16)17(23)20-8-10-24-11-9-20/h4,6,12,22H,2-3,5,7-11,13-14H2,1H3. The molecule has 0 aromatic carbocycles. The normalized spacial score (nSPS) is 24.9. The molecule has 2 aliphatic heterocycles. The van der Waals surface area contributed by atoms with Gasteiger partial charge in [-0.15, -0.1) is 0 Å². The average molecular weight is 333 g/mol. The van der Waals surface area contributed by atoms with E-state index in [0.29, 0.717) is 31.9 Å². The van der Waals surface area contributed by atoms with E-state index in [4.69, 9.17) is 4.74 Å². The number of rotatable bonds is 4. The van der Waals surface area contributed by atoms with Crippen molar-refractivity contribution in [1.82, 2.24) is 9.88 Å². The Kier molecular flexibility index (Phi) is 5.36. The second-order valence-corrected chi connectivity index (χ2v) is 6.84.